The van der Waals surface area contributed by atoms with Crippen molar-refractivity contribution in [3.8, 4) is 11.3 Å². The summed E-state index contributed by atoms with van der Waals surface area (Å²) in [5.74, 6) is -0.279. The Morgan fingerprint density at radius 1 is 1.07 bits per heavy atom. The number of aryl methyl sites for hydroxylation is 1. The third-order valence-electron chi connectivity index (χ3n) is 4.70. The average Bonchev–Trinajstić information content (AvgIpc) is 3.03. The summed E-state index contributed by atoms with van der Waals surface area (Å²) in [5, 5.41) is 6.80. The van der Waals surface area contributed by atoms with Gasteiger partial charge in [-0.2, -0.15) is 4.98 Å². The highest BCUT2D eigenvalue weighted by atomic mass is 19.1. The minimum atomic E-state index is -0.502. The molecule has 0 bridgehead atoms. The van der Waals surface area contributed by atoms with Gasteiger partial charge in [0.1, 0.15) is 5.82 Å². The second-order valence-electron chi connectivity index (χ2n) is 6.48. The maximum absolute atomic E-state index is 14.2. The quantitative estimate of drug-likeness (QED) is 0.463. The fourth-order valence-corrected chi connectivity index (χ4v) is 3.23. The van der Waals surface area contributed by atoms with Gasteiger partial charge in [0.15, 0.2) is 11.6 Å². The Morgan fingerprint density at radius 2 is 1.89 bits per heavy atom. The Kier molecular flexibility index (Phi) is 4.65. The number of rotatable bonds is 5. The molecule has 2 aromatic carbocycles. The van der Waals surface area contributed by atoms with E-state index in [2.05, 4.69) is 25.6 Å². The van der Waals surface area contributed by atoms with E-state index in [0.29, 0.717) is 18.1 Å². The number of H-pyrrole nitrogens is 1. The summed E-state index contributed by atoms with van der Waals surface area (Å²) < 4.78 is 27.7. The third kappa shape index (κ3) is 3.26. The molecule has 4 rings (SSSR count). The molecule has 4 aromatic rings. The van der Waals surface area contributed by atoms with Crippen LogP contribution >= 0.6 is 0 Å². The van der Waals surface area contributed by atoms with Crippen LogP contribution in [0, 0.1) is 18.6 Å². The van der Waals surface area contributed by atoms with Gasteiger partial charge in [-0.25, -0.2) is 13.8 Å². The summed E-state index contributed by atoms with van der Waals surface area (Å²) in [6.45, 7) is 2.45. The lowest BCUT2D eigenvalue weighted by atomic mass is 10.0. The highest BCUT2D eigenvalue weighted by molar-refractivity contribution is 5.91. The van der Waals surface area contributed by atoms with Gasteiger partial charge in [0, 0.05) is 30.1 Å². The van der Waals surface area contributed by atoms with Crippen molar-refractivity contribution in [2.45, 2.75) is 13.5 Å². The number of nitrogens with zero attached hydrogens (tertiary/aromatic N) is 2. The predicted octanol–water partition coefficient (Wildman–Crippen LogP) is 4.87. The molecule has 0 atom stereocenters. The van der Waals surface area contributed by atoms with Gasteiger partial charge in [-0.15, -0.1) is 0 Å². The second-order valence-corrected chi connectivity index (χ2v) is 6.48. The van der Waals surface area contributed by atoms with E-state index in [1.807, 2.05) is 31.2 Å². The molecule has 2 heterocycles. The van der Waals surface area contributed by atoms with E-state index in [4.69, 9.17) is 0 Å². The number of hydrogen-bond acceptors (Lipinski definition) is 4. The molecule has 0 amide bonds. The molecule has 0 radical (unpaired) electrons. The monoisotopic (exact) mass is 379 g/mol. The summed E-state index contributed by atoms with van der Waals surface area (Å²) >= 11 is 0. The largest absolute Gasteiger partial charge is 0.371 e. The van der Waals surface area contributed by atoms with Gasteiger partial charge in [0.25, 0.3) is 0 Å². The van der Waals surface area contributed by atoms with Crippen molar-refractivity contribution in [2.75, 3.05) is 17.7 Å². The highest BCUT2D eigenvalue weighted by Gasteiger charge is 2.13. The van der Waals surface area contributed by atoms with Crippen LogP contribution in [0.15, 0.2) is 48.7 Å². The van der Waals surface area contributed by atoms with Crippen molar-refractivity contribution in [1.82, 2.24) is 15.0 Å². The zero-order valence-electron chi connectivity index (χ0n) is 15.5. The Morgan fingerprint density at radius 3 is 2.68 bits per heavy atom. The van der Waals surface area contributed by atoms with Crippen LogP contribution in [0.2, 0.25) is 0 Å². The smallest absolute Gasteiger partial charge is 0.225 e. The number of hydrogen-bond donors (Lipinski definition) is 3. The first-order chi connectivity index (χ1) is 13.6. The number of halogens is 2. The number of nitrogens with one attached hydrogen (secondary N) is 3. The van der Waals surface area contributed by atoms with Crippen molar-refractivity contribution >= 4 is 22.7 Å². The standard InChI is InChI=1S/C21H19F2N5/c1-12-15-9-13(10-25-21-26-11-17(23)20(24-2)28-21)7-8-18(15)27-19(12)14-5-3-4-6-16(14)22/h3-9,11,27H,10H2,1-2H3,(H2,24,25,26,28). The molecular weight excluding hydrogens is 360 g/mol. The minimum absolute atomic E-state index is 0.143. The number of fused-ring (bicyclic) bond motifs is 1. The Hall–Kier alpha value is -3.48. The first kappa shape index (κ1) is 17.9. The van der Waals surface area contributed by atoms with Crippen molar-refractivity contribution in [3.63, 3.8) is 0 Å². The fourth-order valence-electron chi connectivity index (χ4n) is 3.23. The Balaban J connectivity index is 1.61. The van der Waals surface area contributed by atoms with Gasteiger partial charge < -0.3 is 15.6 Å². The lowest BCUT2D eigenvalue weighted by molar-refractivity contribution is 0.618. The van der Waals surface area contributed by atoms with Crippen LogP contribution in [0.5, 0.6) is 0 Å². The van der Waals surface area contributed by atoms with Crippen molar-refractivity contribution in [2.24, 2.45) is 0 Å². The SMILES string of the molecule is CNc1nc(NCc2ccc3[nH]c(-c4ccccc4F)c(C)c3c2)ncc1F. The maximum atomic E-state index is 14.2. The second kappa shape index (κ2) is 7.26. The summed E-state index contributed by atoms with van der Waals surface area (Å²) in [6.07, 6.45) is 1.13. The molecule has 0 fully saturated rings. The summed E-state index contributed by atoms with van der Waals surface area (Å²) in [5.41, 5.74) is 4.26. The topological polar surface area (TPSA) is 65.6 Å². The molecule has 3 N–H and O–H groups in total. The fraction of sp³-hybridized carbons (Fsp3) is 0.143. The first-order valence-electron chi connectivity index (χ1n) is 8.87. The van der Waals surface area contributed by atoms with Crippen molar-refractivity contribution < 1.29 is 8.78 Å². The number of benzene rings is 2. The van der Waals surface area contributed by atoms with Gasteiger partial charge in [-0.3, -0.25) is 0 Å². The van der Waals surface area contributed by atoms with Crippen LogP contribution in [-0.2, 0) is 6.54 Å². The van der Waals surface area contributed by atoms with Gasteiger partial charge >= 0.3 is 0 Å². The highest BCUT2D eigenvalue weighted by Crippen LogP contribution is 2.31. The molecule has 0 spiro atoms. The van der Waals surface area contributed by atoms with Crippen LogP contribution in [0.3, 0.4) is 0 Å². The molecule has 0 saturated heterocycles. The van der Waals surface area contributed by atoms with Crippen molar-refractivity contribution in [3.05, 3.63) is 71.4 Å². The lowest BCUT2D eigenvalue weighted by Gasteiger charge is -2.07. The summed E-state index contributed by atoms with van der Waals surface area (Å²) in [4.78, 5) is 11.3. The molecule has 0 aliphatic rings. The number of aromatic amines is 1. The first-order valence-corrected chi connectivity index (χ1v) is 8.87. The summed E-state index contributed by atoms with van der Waals surface area (Å²) in [7, 11) is 1.60. The average molecular weight is 379 g/mol. The molecule has 7 heteroatoms. The third-order valence-corrected chi connectivity index (χ3v) is 4.70. The van der Waals surface area contributed by atoms with Crippen LogP contribution in [0.25, 0.3) is 22.2 Å². The normalized spacial score (nSPS) is 11.0. The van der Waals surface area contributed by atoms with Crippen molar-refractivity contribution in [1.29, 1.82) is 0 Å². The van der Waals surface area contributed by atoms with Gasteiger partial charge in [0.2, 0.25) is 5.95 Å². The van der Waals surface area contributed by atoms with Gasteiger partial charge in [-0.1, -0.05) is 18.2 Å². The lowest BCUT2D eigenvalue weighted by Crippen LogP contribution is -2.06. The van der Waals surface area contributed by atoms with Crippen LogP contribution in [0.1, 0.15) is 11.1 Å². The molecule has 0 saturated carbocycles. The van der Waals surface area contributed by atoms with Gasteiger partial charge in [0.05, 0.1) is 11.9 Å². The molecule has 0 aliphatic heterocycles. The predicted molar refractivity (Wildman–Crippen MR) is 107 cm³/mol. The maximum Gasteiger partial charge on any atom is 0.225 e. The molecule has 2 aromatic heterocycles. The van der Waals surface area contributed by atoms with E-state index in [9.17, 15) is 8.78 Å². The molecular formula is C21H19F2N5. The Bertz CT molecular complexity index is 1150. The van der Waals surface area contributed by atoms with Gasteiger partial charge in [-0.05, 0) is 42.3 Å². The van der Waals surface area contributed by atoms with E-state index < -0.39 is 5.82 Å². The summed E-state index contributed by atoms with van der Waals surface area (Å²) in [6, 6.07) is 12.7. The van der Waals surface area contributed by atoms with E-state index >= 15 is 0 Å². The molecule has 28 heavy (non-hydrogen) atoms. The number of anilines is 2. The molecule has 5 nitrogen and oxygen atoms in total. The molecule has 142 valence electrons. The minimum Gasteiger partial charge on any atom is -0.371 e. The van der Waals surface area contributed by atoms with E-state index in [-0.39, 0.29) is 11.6 Å². The molecule has 0 aliphatic carbocycles. The van der Waals surface area contributed by atoms with Crippen LogP contribution < -0.4 is 10.6 Å². The van der Waals surface area contributed by atoms with Crippen LogP contribution in [0.4, 0.5) is 20.5 Å². The molecule has 0 unspecified atom stereocenters. The number of aromatic nitrogens is 3. The van der Waals surface area contributed by atoms with E-state index in [1.54, 1.807) is 19.2 Å². The zero-order valence-corrected chi connectivity index (χ0v) is 15.5. The van der Waals surface area contributed by atoms with E-state index in [0.717, 1.165) is 33.9 Å². The van der Waals surface area contributed by atoms with E-state index in [1.165, 1.54) is 6.07 Å². The Labute approximate surface area is 160 Å². The van der Waals surface area contributed by atoms with Crippen LogP contribution in [-0.4, -0.2) is 22.0 Å². The zero-order chi connectivity index (χ0) is 19.7.